The molecule has 0 aliphatic heterocycles. The maximum atomic E-state index is 11.1. The summed E-state index contributed by atoms with van der Waals surface area (Å²) in [6.07, 6.45) is 5.01. The SMILES string of the molecule is O=C(O)C(Cc1cnc[nH]1)N=Cc1ccccc1.[H-].[Na+]. The molecule has 0 aliphatic carbocycles. The van der Waals surface area contributed by atoms with Crippen LogP contribution < -0.4 is 29.6 Å². The third-order valence-electron chi connectivity index (χ3n) is 2.46. The van der Waals surface area contributed by atoms with E-state index in [1.807, 2.05) is 30.3 Å². The van der Waals surface area contributed by atoms with Crippen LogP contribution in [0.25, 0.3) is 0 Å². The van der Waals surface area contributed by atoms with E-state index in [4.69, 9.17) is 5.11 Å². The largest absolute Gasteiger partial charge is 1.00 e. The van der Waals surface area contributed by atoms with Gasteiger partial charge in [0, 0.05) is 24.5 Å². The maximum Gasteiger partial charge on any atom is 1.00 e. The van der Waals surface area contributed by atoms with Crippen LogP contribution in [0.5, 0.6) is 0 Å². The summed E-state index contributed by atoms with van der Waals surface area (Å²) in [4.78, 5) is 21.9. The Bertz CT molecular complexity index is 532. The van der Waals surface area contributed by atoms with Gasteiger partial charge in [0.1, 0.15) is 0 Å². The molecule has 1 unspecified atom stereocenters. The summed E-state index contributed by atoms with van der Waals surface area (Å²) in [5, 5.41) is 9.10. The summed E-state index contributed by atoms with van der Waals surface area (Å²) >= 11 is 0. The van der Waals surface area contributed by atoms with Crippen LogP contribution in [0.4, 0.5) is 0 Å². The van der Waals surface area contributed by atoms with E-state index in [-0.39, 0.29) is 31.0 Å². The van der Waals surface area contributed by atoms with Gasteiger partial charge in [-0.2, -0.15) is 0 Å². The molecule has 6 heteroatoms. The number of aliphatic imine (C=N–C) groups is 1. The van der Waals surface area contributed by atoms with Gasteiger partial charge >= 0.3 is 35.5 Å². The van der Waals surface area contributed by atoms with E-state index in [1.54, 1.807) is 12.4 Å². The number of nitrogens with zero attached hydrogens (tertiary/aromatic N) is 2. The predicted molar refractivity (Wildman–Crippen MR) is 68.9 cm³/mol. The van der Waals surface area contributed by atoms with Crippen molar-refractivity contribution in [2.75, 3.05) is 0 Å². The van der Waals surface area contributed by atoms with Crippen molar-refractivity contribution >= 4 is 12.2 Å². The minimum absolute atomic E-state index is 0. The maximum absolute atomic E-state index is 11.1. The number of hydrogen-bond acceptors (Lipinski definition) is 3. The van der Waals surface area contributed by atoms with E-state index in [1.165, 1.54) is 6.33 Å². The molecule has 0 saturated heterocycles. The van der Waals surface area contributed by atoms with Gasteiger partial charge in [0.05, 0.1) is 6.33 Å². The summed E-state index contributed by atoms with van der Waals surface area (Å²) in [6.45, 7) is 0. The molecule has 0 spiro atoms. The number of carboxylic acids is 1. The molecule has 0 aliphatic rings. The standard InChI is InChI=1S/C13H13N3O2.Na.H/c17-13(18)12(6-11-8-14-9-16-11)15-7-10-4-2-1-3-5-10;;/h1-5,7-9,12H,6H2,(H,14,16)(H,17,18);;/q;+1;-1. The molecular weight excluding hydrogens is 253 g/mol. The zero-order valence-electron chi connectivity index (χ0n) is 11.7. The quantitative estimate of drug-likeness (QED) is 0.519. The second kappa shape index (κ2) is 7.89. The van der Waals surface area contributed by atoms with Crippen molar-refractivity contribution in [3.63, 3.8) is 0 Å². The Labute approximate surface area is 134 Å². The molecule has 1 aromatic heterocycles. The fourth-order valence-electron chi connectivity index (χ4n) is 1.52. The molecule has 0 saturated carbocycles. The fourth-order valence-corrected chi connectivity index (χ4v) is 1.52. The Morgan fingerprint density at radius 1 is 1.47 bits per heavy atom. The molecule has 19 heavy (non-hydrogen) atoms. The molecule has 2 rings (SSSR count). The molecule has 1 aromatic carbocycles. The van der Waals surface area contributed by atoms with E-state index in [0.29, 0.717) is 6.42 Å². The van der Waals surface area contributed by atoms with Crippen LogP contribution in [0.2, 0.25) is 0 Å². The van der Waals surface area contributed by atoms with Gasteiger partial charge in [-0.15, -0.1) is 0 Å². The van der Waals surface area contributed by atoms with Crippen LogP contribution >= 0.6 is 0 Å². The number of carbonyl (C=O) groups is 1. The molecule has 0 fully saturated rings. The fraction of sp³-hybridized carbons (Fsp3) is 0.154. The van der Waals surface area contributed by atoms with Gasteiger partial charge in [-0.25, -0.2) is 9.78 Å². The van der Waals surface area contributed by atoms with Crippen molar-refractivity contribution in [3.05, 3.63) is 54.1 Å². The van der Waals surface area contributed by atoms with Gasteiger partial charge < -0.3 is 11.5 Å². The first-order chi connectivity index (χ1) is 8.75. The van der Waals surface area contributed by atoms with Crippen LogP contribution in [0.3, 0.4) is 0 Å². The summed E-state index contributed by atoms with van der Waals surface area (Å²) in [7, 11) is 0. The Kier molecular flexibility index (Phi) is 6.49. The van der Waals surface area contributed by atoms with Crippen LogP contribution in [0.15, 0.2) is 47.8 Å². The van der Waals surface area contributed by atoms with Crippen LogP contribution in [-0.2, 0) is 11.2 Å². The summed E-state index contributed by atoms with van der Waals surface area (Å²) < 4.78 is 0. The number of carboxylic acid groups (broad SMARTS) is 1. The third-order valence-corrected chi connectivity index (χ3v) is 2.46. The van der Waals surface area contributed by atoms with Gasteiger partial charge in [-0.1, -0.05) is 30.3 Å². The number of benzene rings is 1. The van der Waals surface area contributed by atoms with Gasteiger partial charge in [0.25, 0.3) is 0 Å². The van der Waals surface area contributed by atoms with E-state index >= 15 is 0 Å². The smallest absolute Gasteiger partial charge is 1.00 e. The number of aromatic nitrogens is 2. The summed E-state index contributed by atoms with van der Waals surface area (Å²) in [5.74, 6) is -0.947. The Morgan fingerprint density at radius 3 is 2.79 bits per heavy atom. The Hall–Kier alpha value is -1.43. The molecule has 2 N–H and O–H groups in total. The van der Waals surface area contributed by atoms with Crippen molar-refractivity contribution in [2.24, 2.45) is 4.99 Å². The minimum atomic E-state index is -0.947. The first-order valence-electron chi connectivity index (χ1n) is 5.54. The van der Waals surface area contributed by atoms with Gasteiger partial charge in [0.2, 0.25) is 0 Å². The average Bonchev–Trinajstić information content (AvgIpc) is 2.88. The zero-order valence-corrected chi connectivity index (χ0v) is 12.7. The summed E-state index contributed by atoms with van der Waals surface area (Å²) in [6, 6.07) is 8.61. The molecule has 0 radical (unpaired) electrons. The number of aromatic amines is 1. The number of aliphatic carboxylic acids is 1. The van der Waals surface area contributed by atoms with Crippen molar-refractivity contribution in [3.8, 4) is 0 Å². The van der Waals surface area contributed by atoms with E-state index < -0.39 is 12.0 Å². The van der Waals surface area contributed by atoms with Crippen molar-refractivity contribution < 1.29 is 40.9 Å². The third kappa shape index (κ3) is 4.98. The Balaban J connectivity index is 0.00000180. The van der Waals surface area contributed by atoms with Crippen molar-refractivity contribution in [2.45, 2.75) is 12.5 Å². The van der Waals surface area contributed by atoms with Crippen molar-refractivity contribution in [1.82, 2.24) is 9.97 Å². The normalized spacial score (nSPS) is 12.0. The number of hydrogen-bond donors (Lipinski definition) is 2. The number of rotatable bonds is 5. The van der Waals surface area contributed by atoms with Crippen LogP contribution in [-0.4, -0.2) is 33.3 Å². The van der Waals surface area contributed by atoms with Crippen LogP contribution in [0.1, 0.15) is 12.7 Å². The first kappa shape index (κ1) is 15.6. The van der Waals surface area contributed by atoms with Gasteiger partial charge in [-0.3, -0.25) is 4.99 Å². The zero-order chi connectivity index (χ0) is 12.8. The van der Waals surface area contributed by atoms with E-state index in [0.717, 1.165) is 11.3 Å². The second-order valence-corrected chi connectivity index (χ2v) is 3.82. The molecule has 0 bridgehead atoms. The molecule has 94 valence electrons. The number of nitrogens with one attached hydrogen (secondary N) is 1. The first-order valence-corrected chi connectivity index (χ1v) is 5.54. The van der Waals surface area contributed by atoms with Gasteiger partial charge in [0.15, 0.2) is 6.04 Å². The molecule has 1 heterocycles. The van der Waals surface area contributed by atoms with E-state index in [9.17, 15) is 4.79 Å². The average molecular weight is 267 g/mol. The molecule has 1 atom stereocenters. The Morgan fingerprint density at radius 2 is 2.21 bits per heavy atom. The molecule has 5 nitrogen and oxygen atoms in total. The number of H-pyrrole nitrogens is 1. The van der Waals surface area contributed by atoms with Crippen molar-refractivity contribution in [1.29, 1.82) is 0 Å². The summed E-state index contributed by atoms with van der Waals surface area (Å²) in [5.41, 5.74) is 1.64. The van der Waals surface area contributed by atoms with Gasteiger partial charge in [-0.05, 0) is 5.56 Å². The molecule has 2 aromatic rings. The minimum Gasteiger partial charge on any atom is -1.00 e. The topological polar surface area (TPSA) is 78.3 Å². The number of imidazole rings is 1. The molecule has 0 amide bonds. The second-order valence-electron chi connectivity index (χ2n) is 3.82. The monoisotopic (exact) mass is 267 g/mol. The predicted octanol–water partition coefficient (Wildman–Crippen LogP) is -1.36. The molecular formula is C13H14N3NaO2. The van der Waals surface area contributed by atoms with E-state index in [2.05, 4.69) is 15.0 Å². The van der Waals surface area contributed by atoms with Crippen LogP contribution in [0, 0.1) is 0 Å².